The van der Waals surface area contributed by atoms with Crippen LogP contribution in [-0.2, 0) is 4.79 Å². The normalized spacial score (nSPS) is 24.0. The van der Waals surface area contributed by atoms with Crippen molar-refractivity contribution < 1.29 is 9.53 Å². The molecule has 0 spiro atoms. The van der Waals surface area contributed by atoms with E-state index in [9.17, 15) is 4.79 Å². The zero-order chi connectivity index (χ0) is 16.4. The third kappa shape index (κ3) is 3.92. The van der Waals surface area contributed by atoms with Crippen molar-refractivity contribution in [2.24, 2.45) is 17.8 Å². The van der Waals surface area contributed by atoms with E-state index in [-0.39, 0.29) is 5.92 Å². The van der Waals surface area contributed by atoms with E-state index in [0.29, 0.717) is 30.2 Å². The van der Waals surface area contributed by atoms with Crippen molar-refractivity contribution in [3.05, 3.63) is 12.4 Å². The molecule has 2 unspecified atom stereocenters. The summed E-state index contributed by atoms with van der Waals surface area (Å²) in [5.41, 5.74) is 0. The van der Waals surface area contributed by atoms with Gasteiger partial charge in [-0.1, -0.05) is 20.8 Å². The molecule has 1 aromatic heterocycles. The first-order valence-corrected chi connectivity index (χ1v) is 8.53. The Bertz CT molecular complexity index is 555. The van der Waals surface area contributed by atoms with Crippen molar-refractivity contribution in [3.8, 4) is 5.88 Å². The molecule has 1 saturated carbocycles. The minimum absolute atomic E-state index is 0.272. The Hall–Kier alpha value is -1.85. The van der Waals surface area contributed by atoms with E-state index in [4.69, 9.17) is 4.74 Å². The van der Waals surface area contributed by atoms with Crippen LogP contribution in [-0.4, -0.2) is 53.6 Å². The lowest BCUT2D eigenvalue weighted by molar-refractivity contribution is -0.133. The summed E-state index contributed by atoms with van der Waals surface area (Å²) in [5, 5.41) is 0. The van der Waals surface area contributed by atoms with Crippen molar-refractivity contribution in [2.75, 3.05) is 37.7 Å². The third-order valence-electron chi connectivity index (χ3n) is 4.51. The summed E-state index contributed by atoms with van der Waals surface area (Å²) in [6.45, 7) is 10.1. The van der Waals surface area contributed by atoms with Gasteiger partial charge in [0.15, 0.2) is 5.82 Å². The fourth-order valence-electron chi connectivity index (χ4n) is 2.87. The highest BCUT2D eigenvalue weighted by atomic mass is 16.5. The number of rotatable bonds is 5. The van der Waals surface area contributed by atoms with Crippen LogP contribution in [0.3, 0.4) is 0 Å². The Labute approximate surface area is 137 Å². The monoisotopic (exact) mass is 318 g/mol. The van der Waals surface area contributed by atoms with Crippen LogP contribution in [0.2, 0.25) is 0 Å². The largest absolute Gasteiger partial charge is 0.476 e. The summed E-state index contributed by atoms with van der Waals surface area (Å²) in [6, 6.07) is 0. The lowest BCUT2D eigenvalue weighted by Gasteiger charge is -2.35. The second-order valence-corrected chi connectivity index (χ2v) is 7.05. The molecule has 1 amide bonds. The molecule has 6 heteroatoms. The third-order valence-corrected chi connectivity index (χ3v) is 4.51. The second kappa shape index (κ2) is 6.72. The van der Waals surface area contributed by atoms with Crippen molar-refractivity contribution >= 4 is 11.7 Å². The lowest BCUT2D eigenvalue weighted by atomic mass is 10.2. The van der Waals surface area contributed by atoms with E-state index in [2.05, 4.69) is 35.6 Å². The van der Waals surface area contributed by atoms with Gasteiger partial charge in [-0.05, 0) is 18.3 Å². The number of hydrogen-bond donors (Lipinski definition) is 0. The summed E-state index contributed by atoms with van der Waals surface area (Å²) in [6.07, 6.45) is 4.47. The van der Waals surface area contributed by atoms with Gasteiger partial charge in [-0.3, -0.25) is 9.78 Å². The summed E-state index contributed by atoms with van der Waals surface area (Å²) >= 11 is 0. The molecular formula is C17H26N4O2. The highest BCUT2D eigenvalue weighted by Crippen LogP contribution is 2.39. The van der Waals surface area contributed by atoms with Gasteiger partial charge < -0.3 is 14.5 Å². The summed E-state index contributed by atoms with van der Waals surface area (Å²) in [4.78, 5) is 25.2. The van der Waals surface area contributed by atoms with Crippen molar-refractivity contribution in [3.63, 3.8) is 0 Å². The summed E-state index contributed by atoms with van der Waals surface area (Å²) < 4.78 is 5.64. The molecule has 0 bridgehead atoms. The molecule has 6 nitrogen and oxygen atoms in total. The van der Waals surface area contributed by atoms with Gasteiger partial charge in [0.25, 0.3) is 0 Å². The zero-order valence-electron chi connectivity index (χ0n) is 14.2. The number of carbonyl (C=O) groups excluding carboxylic acids is 1. The van der Waals surface area contributed by atoms with Crippen LogP contribution in [0.4, 0.5) is 5.82 Å². The molecule has 1 saturated heterocycles. The number of aromatic nitrogens is 2. The maximum absolute atomic E-state index is 12.3. The van der Waals surface area contributed by atoms with Gasteiger partial charge in [0.1, 0.15) is 0 Å². The van der Waals surface area contributed by atoms with E-state index < -0.39 is 0 Å². The fraction of sp³-hybridized carbons (Fsp3) is 0.706. The summed E-state index contributed by atoms with van der Waals surface area (Å²) in [5.74, 6) is 3.03. The number of amides is 1. The molecule has 0 radical (unpaired) electrons. The number of nitrogens with zero attached hydrogens (tertiary/aromatic N) is 4. The van der Waals surface area contributed by atoms with Crippen LogP contribution >= 0.6 is 0 Å². The first-order chi connectivity index (χ1) is 11.0. The van der Waals surface area contributed by atoms with E-state index in [1.54, 1.807) is 12.4 Å². The molecule has 126 valence electrons. The Morgan fingerprint density at radius 3 is 2.61 bits per heavy atom. The van der Waals surface area contributed by atoms with Crippen molar-refractivity contribution in [2.45, 2.75) is 27.2 Å². The average Bonchev–Trinajstić information content (AvgIpc) is 3.29. The highest BCUT2D eigenvalue weighted by molar-refractivity contribution is 5.81. The quantitative estimate of drug-likeness (QED) is 0.829. The van der Waals surface area contributed by atoms with E-state index in [1.807, 2.05) is 4.90 Å². The molecule has 1 aliphatic carbocycles. The number of anilines is 1. The smallest absolute Gasteiger partial charge is 0.234 e. The van der Waals surface area contributed by atoms with Gasteiger partial charge in [0, 0.05) is 32.1 Å². The van der Waals surface area contributed by atoms with E-state index >= 15 is 0 Å². The van der Waals surface area contributed by atoms with Crippen LogP contribution in [0.25, 0.3) is 0 Å². The second-order valence-electron chi connectivity index (χ2n) is 7.05. The standard InChI is InChI=1S/C17H26N4O2/c1-12(2)11-23-16-10-18-9-15(19-16)20-4-6-21(7-5-20)17(22)14-8-13(14)3/h9-10,12-14H,4-8,11H2,1-3H3. The van der Waals surface area contributed by atoms with Gasteiger partial charge in [0.2, 0.25) is 11.8 Å². The maximum Gasteiger partial charge on any atom is 0.234 e. The molecule has 0 aromatic carbocycles. The Morgan fingerprint density at radius 1 is 1.30 bits per heavy atom. The predicted molar refractivity (Wildman–Crippen MR) is 88.4 cm³/mol. The molecule has 2 heterocycles. The van der Waals surface area contributed by atoms with Gasteiger partial charge in [-0.2, -0.15) is 4.98 Å². The van der Waals surface area contributed by atoms with Gasteiger partial charge >= 0.3 is 0 Å². The lowest BCUT2D eigenvalue weighted by Crippen LogP contribution is -2.49. The Kier molecular flexibility index (Phi) is 4.68. The molecule has 1 aromatic rings. The number of hydrogen-bond acceptors (Lipinski definition) is 5. The molecule has 2 fully saturated rings. The predicted octanol–water partition coefficient (Wildman–Crippen LogP) is 1.82. The van der Waals surface area contributed by atoms with Gasteiger partial charge in [-0.25, -0.2) is 0 Å². The molecule has 23 heavy (non-hydrogen) atoms. The highest BCUT2D eigenvalue weighted by Gasteiger charge is 2.42. The molecule has 0 N–H and O–H groups in total. The van der Waals surface area contributed by atoms with Crippen LogP contribution in [0.15, 0.2) is 12.4 Å². The van der Waals surface area contributed by atoms with Gasteiger partial charge in [-0.15, -0.1) is 0 Å². The zero-order valence-corrected chi connectivity index (χ0v) is 14.2. The minimum atomic E-state index is 0.272. The average molecular weight is 318 g/mol. The molecule has 3 rings (SSSR count). The molecule has 1 aliphatic heterocycles. The van der Waals surface area contributed by atoms with Crippen molar-refractivity contribution in [1.29, 1.82) is 0 Å². The molecule has 2 atom stereocenters. The summed E-state index contributed by atoms with van der Waals surface area (Å²) in [7, 11) is 0. The first kappa shape index (κ1) is 16.0. The SMILES string of the molecule is CC(C)COc1cncc(N2CCN(C(=O)C3CC3C)CC2)n1. The van der Waals surface area contributed by atoms with E-state index in [0.717, 1.165) is 38.4 Å². The maximum atomic E-state index is 12.3. The van der Waals surface area contributed by atoms with Crippen LogP contribution in [0, 0.1) is 17.8 Å². The van der Waals surface area contributed by atoms with Crippen LogP contribution in [0.5, 0.6) is 5.88 Å². The van der Waals surface area contributed by atoms with Crippen molar-refractivity contribution in [1.82, 2.24) is 14.9 Å². The molecular weight excluding hydrogens is 292 g/mol. The van der Waals surface area contributed by atoms with Gasteiger partial charge in [0.05, 0.1) is 19.0 Å². The minimum Gasteiger partial charge on any atom is -0.476 e. The fourth-order valence-corrected chi connectivity index (χ4v) is 2.87. The Balaban J connectivity index is 1.55. The van der Waals surface area contributed by atoms with Crippen LogP contribution in [0.1, 0.15) is 27.2 Å². The Morgan fingerprint density at radius 2 is 2.00 bits per heavy atom. The van der Waals surface area contributed by atoms with Crippen LogP contribution < -0.4 is 9.64 Å². The number of piperazine rings is 1. The number of carbonyl (C=O) groups is 1. The first-order valence-electron chi connectivity index (χ1n) is 8.53. The molecule has 2 aliphatic rings. The van der Waals surface area contributed by atoms with E-state index in [1.165, 1.54) is 0 Å². The topological polar surface area (TPSA) is 58.6 Å². The number of ether oxygens (including phenoxy) is 1.